The predicted molar refractivity (Wildman–Crippen MR) is 95.3 cm³/mol. The predicted octanol–water partition coefficient (Wildman–Crippen LogP) is 3.04. The molecule has 1 aliphatic heterocycles. The zero-order valence-corrected chi connectivity index (χ0v) is 15.9. The molecule has 0 bridgehead atoms. The van der Waals surface area contributed by atoms with Gasteiger partial charge in [0.25, 0.3) is 5.91 Å². The number of hydrogen-bond acceptors (Lipinski definition) is 4. The Kier molecular flexibility index (Phi) is 5.57. The molecule has 158 valence electrons. The Labute approximate surface area is 164 Å². The highest BCUT2D eigenvalue weighted by Crippen LogP contribution is 2.36. The highest BCUT2D eigenvalue weighted by atomic mass is 19.4. The number of aliphatic hydroxyl groups is 1. The second kappa shape index (κ2) is 7.66. The molecule has 3 rings (SSSR count). The first-order chi connectivity index (χ1) is 13.6. The summed E-state index contributed by atoms with van der Waals surface area (Å²) in [4.78, 5) is 17.4. The van der Waals surface area contributed by atoms with Crippen LogP contribution in [0.5, 0.6) is 6.01 Å². The van der Waals surface area contributed by atoms with E-state index in [2.05, 4.69) is 4.98 Å². The van der Waals surface area contributed by atoms with E-state index in [0.717, 1.165) is 10.6 Å². The molecular formula is C19H21F4N3O3. The van der Waals surface area contributed by atoms with E-state index >= 15 is 0 Å². The minimum absolute atomic E-state index is 0.0621. The molecule has 6 nitrogen and oxygen atoms in total. The molecule has 0 saturated carbocycles. The number of alkyl halides is 3. The average Bonchev–Trinajstić information content (AvgIpc) is 3.11. The molecule has 10 heteroatoms. The van der Waals surface area contributed by atoms with Crippen molar-refractivity contribution in [3.8, 4) is 11.7 Å². The van der Waals surface area contributed by atoms with Crippen LogP contribution in [0.15, 0.2) is 30.5 Å². The number of hydrogen-bond donors (Lipinski definition) is 1. The number of halogens is 4. The lowest BCUT2D eigenvalue weighted by Crippen LogP contribution is -2.57. The lowest BCUT2D eigenvalue weighted by molar-refractivity contribution is -0.250. The summed E-state index contributed by atoms with van der Waals surface area (Å²) in [5.41, 5.74) is -2.03. The molecule has 1 aliphatic rings. The van der Waals surface area contributed by atoms with E-state index in [1.54, 1.807) is 22.9 Å². The van der Waals surface area contributed by atoms with Gasteiger partial charge in [0.05, 0.1) is 19.0 Å². The van der Waals surface area contributed by atoms with Crippen molar-refractivity contribution in [1.82, 2.24) is 14.5 Å². The fourth-order valence-corrected chi connectivity index (χ4v) is 3.44. The highest BCUT2D eigenvalue weighted by molar-refractivity contribution is 5.85. The Balaban J connectivity index is 1.79. The van der Waals surface area contributed by atoms with Crippen LogP contribution in [0.25, 0.3) is 5.69 Å². The first kappa shape index (κ1) is 21.1. The third kappa shape index (κ3) is 3.93. The van der Waals surface area contributed by atoms with Crippen LogP contribution < -0.4 is 4.74 Å². The summed E-state index contributed by atoms with van der Waals surface area (Å²) in [5, 5.41) is 9.63. The number of nitrogens with zero attached hydrogens (tertiary/aromatic N) is 3. The van der Waals surface area contributed by atoms with Gasteiger partial charge in [-0.15, -0.1) is 0 Å². The second-order valence-electron chi connectivity index (χ2n) is 7.12. The van der Waals surface area contributed by atoms with Crippen LogP contribution in [0.1, 0.15) is 31.4 Å². The van der Waals surface area contributed by atoms with Gasteiger partial charge in [0.1, 0.15) is 5.82 Å². The largest absolute Gasteiger partial charge is 0.468 e. The molecule has 0 radical (unpaired) electrons. The number of ether oxygens (including phenoxy) is 1. The van der Waals surface area contributed by atoms with Gasteiger partial charge in [0.2, 0.25) is 5.60 Å². The summed E-state index contributed by atoms with van der Waals surface area (Å²) in [6.45, 7) is 0.592. The van der Waals surface area contributed by atoms with Gasteiger partial charge in [-0.3, -0.25) is 9.36 Å². The van der Waals surface area contributed by atoms with Crippen molar-refractivity contribution in [2.75, 3.05) is 20.2 Å². The van der Waals surface area contributed by atoms with Gasteiger partial charge in [-0.1, -0.05) is 0 Å². The number of piperidine rings is 1. The summed E-state index contributed by atoms with van der Waals surface area (Å²) in [7, 11) is 1.45. The van der Waals surface area contributed by atoms with Crippen molar-refractivity contribution in [2.24, 2.45) is 0 Å². The van der Waals surface area contributed by atoms with Gasteiger partial charge >= 0.3 is 12.2 Å². The molecule has 1 aromatic carbocycles. The molecular weight excluding hydrogens is 394 g/mol. The Morgan fingerprint density at radius 1 is 1.21 bits per heavy atom. The number of benzene rings is 1. The molecule has 1 aromatic heterocycles. The second-order valence-corrected chi connectivity index (χ2v) is 7.12. The molecule has 2 heterocycles. The van der Waals surface area contributed by atoms with Crippen molar-refractivity contribution < 1.29 is 32.2 Å². The van der Waals surface area contributed by atoms with E-state index in [1.165, 1.54) is 19.2 Å². The first-order valence-electron chi connectivity index (χ1n) is 9.02. The number of imidazole rings is 1. The highest BCUT2D eigenvalue weighted by Gasteiger charge is 2.57. The van der Waals surface area contributed by atoms with Gasteiger partial charge in [0, 0.05) is 24.7 Å². The monoisotopic (exact) mass is 415 g/mol. The van der Waals surface area contributed by atoms with Crippen LogP contribution in [0.4, 0.5) is 17.6 Å². The number of methoxy groups -OCH3 is 1. The van der Waals surface area contributed by atoms with Gasteiger partial charge < -0.3 is 14.7 Å². The molecule has 29 heavy (non-hydrogen) atoms. The summed E-state index contributed by atoms with van der Waals surface area (Å²) >= 11 is 0. The summed E-state index contributed by atoms with van der Waals surface area (Å²) < 4.78 is 59.1. The van der Waals surface area contributed by atoms with E-state index in [4.69, 9.17) is 4.74 Å². The minimum Gasteiger partial charge on any atom is -0.468 e. The van der Waals surface area contributed by atoms with E-state index in [9.17, 15) is 27.5 Å². The fraction of sp³-hybridized carbons (Fsp3) is 0.474. The third-order valence-electron chi connectivity index (χ3n) is 5.19. The number of rotatable bonds is 4. The number of likely N-dealkylation sites (tertiary alicyclic amines) is 1. The Hall–Kier alpha value is -2.62. The van der Waals surface area contributed by atoms with Crippen LogP contribution in [0.3, 0.4) is 0 Å². The molecule has 0 aliphatic carbocycles. The summed E-state index contributed by atoms with van der Waals surface area (Å²) in [5.74, 6) is -1.85. The number of aromatic nitrogens is 2. The van der Waals surface area contributed by atoms with Crippen LogP contribution in [-0.4, -0.2) is 57.4 Å². The molecule has 1 atom stereocenters. The van der Waals surface area contributed by atoms with Gasteiger partial charge in [-0.25, -0.2) is 9.37 Å². The van der Waals surface area contributed by atoms with Crippen LogP contribution in [0.2, 0.25) is 0 Å². The zero-order chi connectivity index (χ0) is 21.4. The van der Waals surface area contributed by atoms with Crippen molar-refractivity contribution in [3.63, 3.8) is 0 Å². The topological polar surface area (TPSA) is 67.6 Å². The number of carbonyl (C=O) groups excluding carboxylic acids is 1. The molecule has 1 unspecified atom stereocenters. The maximum atomic E-state index is 13.3. The van der Waals surface area contributed by atoms with Crippen molar-refractivity contribution in [1.29, 1.82) is 0 Å². The molecule has 0 spiro atoms. The number of amides is 1. The lowest BCUT2D eigenvalue weighted by atomic mass is 9.92. The quantitative estimate of drug-likeness (QED) is 0.780. The minimum atomic E-state index is -5.05. The Bertz CT molecular complexity index is 870. The molecule has 1 amide bonds. The fourth-order valence-electron chi connectivity index (χ4n) is 3.44. The maximum absolute atomic E-state index is 13.3. The maximum Gasteiger partial charge on any atom is 0.426 e. The standard InChI is InChI=1S/C19H21F4N3O3/c1-18(28,19(21,22)23)16(27)25-9-7-12(8-10-25)15-11-24-17(29-2)26(15)14-5-3-13(20)4-6-14/h3-6,11-12,28H,7-10H2,1-2H3. The normalized spacial score (nSPS) is 17.8. The average molecular weight is 415 g/mol. The van der Waals surface area contributed by atoms with Crippen LogP contribution in [-0.2, 0) is 4.79 Å². The summed E-state index contributed by atoms with van der Waals surface area (Å²) in [6, 6.07) is 6.05. The van der Waals surface area contributed by atoms with Crippen LogP contribution >= 0.6 is 0 Å². The zero-order valence-electron chi connectivity index (χ0n) is 15.9. The summed E-state index contributed by atoms with van der Waals surface area (Å²) in [6.07, 6.45) is -2.67. The Morgan fingerprint density at radius 2 is 1.79 bits per heavy atom. The third-order valence-corrected chi connectivity index (χ3v) is 5.19. The Morgan fingerprint density at radius 3 is 2.31 bits per heavy atom. The van der Waals surface area contributed by atoms with Gasteiger partial charge in [-0.2, -0.15) is 13.2 Å². The van der Waals surface area contributed by atoms with Crippen molar-refractivity contribution in [3.05, 3.63) is 42.0 Å². The lowest BCUT2D eigenvalue weighted by Gasteiger charge is -2.36. The van der Waals surface area contributed by atoms with Crippen molar-refractivity contribution in [2.45, 2.75) is 37.5 Å². The van der Waals surface area contributed by atoms with E-state index in [-0.39, 0.29) is 19.0 Å². The van der Waals surface area contributed by atoms with E-state index in [1.807, 2.05) is 0 Å². The van der Waals surface area contributed by atoms with Gasteiger partial charge in [-0.05, 0) is 44.0 Å². The van der Waals surface area contributed by atoms with Crippen molar-refractivity contribution >= 4 is 5.91 Å². The molecule has 1 N–H and O–H groups in total. The molecule has 2 aromatic rings. The van der Waals surface area contributed by atoms with Crippen LogP contribution in [0, 0.1) is 5.82 Å². The molecule has 1 saturated heterocycles. The number of carbonyl (C=O) groups is 1. The van der Waals surface area contributed by atoms with Gasteiger partial charge in [0.15, 0.2) is 0 Å². The SMILES string of the molecule is COc1ncc(C2CCN(C(=O)C(C)(O)C(F)(F)F)CC2)n1-c1ccc(F)cc1. The smallest absolute Gasteiger partial charge is 0.426 e. The van der Waals surface area contributed by atoms with E-state index < -0.39 is 23.5 Å². The first-order valence-corrected chi connectivity index (χ1v) is 9.02. The van der Waals surface area contributed by atoms with E-state index in [0.29, 0.717) is 31.5 Å². The molecule has 1 fully saturated rings.